The second kappa shape index (κ2) is 7.17. The maximum Gasteiger partial charge on any atom is 0.232 e. The number of hydrogen-bond donors (Lipinski definition) is 1. The Morgan fingerprint density at radius 3 is 2.69 bits per heavy atom. The van der Waals surface area contributed by atoms with Crippen LogP contribution in [0.1, 0.15) is 26.7 Å². The van der Waals surface area contributed by atoms with Crippen LogP contribution in [0.2, 0.25) is 0 Å². The molecule has 1 N–H and O–H groups in total. The van der Waals surface area contributed by atoms with Crippen molar-refractivity contribution in [3.05, 3.63) is 0 Å². The first kappa shape index (κ1) is 13.8. The summed E-state index contributed by atoms with van der Waals surface area (Å²) < 4.78 is 0. The number of aliphatic hydroxyl groups is 1. The van der Waals surface area contributed by atoms with E-state index in [0.717, 1.165) is 37.6 Å². The molecule has 1 rings (SSSR count). The Morgan fingerprint density at radius 1 is 1.50 bits per heavy atom. The average Bonchev–Trinajstić information content (AvgIpc) is 2.29. The van der Waals surface area contributed by atoms with Crippen molar-refractivity contribution in [2.75, 3.05) is 31.2 Å². The normalized spacial score (nSPS) is 19.8. The van der Waals surface area contributed by atoms with Gasteiger partial charge >= 0.3 is 0 Å². The highest BCUT2D eigenvalue weighted by Gasteiger charge is 2.19. The van der Waals surface area contributed by atoms with Gasteiger partial charge in [-0.1, -0.05) is 13.8 Å². The fourth-order valence-electron chi connectivity index (χ4n) is 1.75. The van der Waals surface area contributed by atoms with Gasteiger partial charge in [-0.15, -0.1) is 0 Å². The molecule has 1 amide bonds. The molecule has 0 aromatic heterocycles. The van der Waals surface area contributed by atoms with Gasteiger partial charge in [0.1, 0.15) is 0 Å². The highest BCUT2D eigenvalue weighted by atomic mass is 32.2. The monoisotopic (exact) mass is 245 g/mol. The highest BCUT2D eigenvalue weighted by Crippen LogP contribution is 2.17. The zero-order valence-corrected chi connectivity index (χ0v) is 11.1. The van der Waals surface area contributed by atoms with E-state index in [9.17, 15) is 4.79 Å². The van der Waals surface area contributed by atoms with Crippen molar-refractivity contribution in [2.24, 2.45) is 11.8 Å². The van der Waals surface area contributed by atoms with Gasteiger partial charge in [0, 0.05) is 19.7 Å². The Balaban J connectivity index is 2.15. The number of piperidine rings is 1. The summed E-state index contributed by atoms with van der Waals surface area (Å²) in [5, 5.41) is 8.87. The van der Waals surface area contributed by atoms with Crippen LogP contribution in [0.25, 0.3) is 0 Å². The summed E-state index contributed by atoms with van der Waals surface area (Å²) in [6.45, 7) is 6.31. The van der Waals surface area contributed by atoms with E-state index in [1.165, 1.54) is 0 Å². The lowest BCUT2D eigenvalue weighted by Gasteiger charge is -2.30. The van der Waals surface area contributed by atoms with E-state index < -0.39 is 0 Å². The number of aliphatic hydroxyl groups excluding tert-OH is 1. The maximum absolute atomic E-state index is 11.8. The minimum absolute atomic E-state index is 0.211. The third-order valence-electron chi connectivity index (χ3n) is 3.08. The number of nitrogens with zero attached hydrogens (tertiary/aromatic N) is 1. The van der Waals surface area contributed by atoms with Crippen molar-refractivity contribution >= 4 is 17.7 Å². The predicted octanol–water partition coefficient (Wildman–Crippen LogP) is 1.61. The molecule has 0 radical (unpaired) electrons. The number of rotatable bonds is 5. The summed E-state index contributed by atoms with van der Waals surface area (Å²) in [6, 6.07) is 0. The molecule has 1 aliphatic heterocycles. The Bertz CT molecular complexity index is 215. The minimum Gasteiger partial charge on any atom is -0.396 e. The van der Waals surface area contributed by atoms with Gasteiger partial charge in [0.05, 0.1) is 5.75 Å². The van der Waals surface area contributed by atoms with Crippen molar-refractivity contribution < 1.29 is 9.90 Å². The van der Waals surface area contributed by atoms with Crippen LogP contribution in [-0.2, 0) is 4.79 Å². The minimum atomic E-state index is 0.211. The standard InChI is InChI=1S/C12H23NO2S/c1-10-3-5-13(6-4-10)12(15)9-16-8-11(2)7-14/h10-11,14H,3-9H2,1-2H3. The molecule has 0 aliphatic carbocycles. The number of amides is 1. The number of carbonyl (C=O) groups excluding carboxylic acids is 1. The summed E-state index contributed by atoms with van der Waals surface area (Å²) in [4.78, 5) is 13.8. The zero-order valence-electron chi connectivity index (χ0n) is 10.3. The van der Waals surface area contributed by atoms with Gasteiger partial charge in [-0.05, 0) is 30.4 Å². The molecule has 4 heteroatoms. The van der Waals surface area contributed by atoms with E-state index in [1.807, 2.05) is 11.8 Å². The number of hydrogen-bond acceptors (Lipinski definition) is 3. The molecule has 0 aromatic rings. The van der Waals surface area contributed by atoms with Crippen LogP contribution in [0.5, 0.6) is 0 Å². The van der Waals surface area contributed by atoms with Crippen LogP contribution in [0.15, 0.2) is 0 Å². The molecule has 94 valence electrons. The largest absolute Gasteiger partial charge is 0.396 e. The van der Waals surface area contributed by atoms with E-state index in [1.54, 1.807) is 11.8 Å². The smallest absolute Gasteiger partial charge is 0.232 e. The summed E-state index contributed by atoms with van der Waals surface area (Å²) in [5.74, 6) is 2.76. The predicted molar refractivity (Wildman–Crippen MR) is 68.6 cm³/mol. The lowest BCUT2D eigenvalue weighted by molar-refractivity contribution is -0.129. The topological polar surface area (TPSA) is 40.5 Å². The lowest BCUT2D eigenvalue weighted by Crippen LogP contribution is -2.39. The molecule has 0 spiro atoms. The molecule has 1 saturated heterocycles. The van der Waals surface area contributed by atoms with Crippen LogP contribution in [0, 0.1) is 11.8 Å². The lowest BCUT2D eigenvalue weighted by atomic mass is 9.99. The molecule has 1 unspecified atom stereocenters. The molecular formula is C12H23NO2S. The zero-order chi connectivity index (χ0) is 12.0. The van der Waals surface area contributed by atoms with E-state index in [2.05, 4.69) is 6.92 Å². The summed E-state index contributed by atoms with van der Waals surface area (Å²) in [5.41, 5.74) is 0. The molecule has 1 heterocycles. The van der Waals surface area contributed by atoms with Gasteiger partial charge in [0.2, 0.25) is 5.91 Å². The van der Waals surface area contributed by atoms with Crippen LogP contribution >= 0.6 is 11.8 Å². The third kappa shape index (κ3) is 4.74. The second-order valence-electron chi connectivity index (χ2n) is 4.87. The van der Waals surface area contributed by atoms with Crippen LogP contribution in [0.4, 0.5) is 0 Å². The second-order valence-corrected chi connectivity index (χ2v) is 5.90. The number of carbonyl (C=O) groups is 1. The first-order valence-electron chi connectivity index (χ1n) is 6.10. The quantitative estimate of drug-likeness (QED) is 0.800. The van der Waals surface area contributed by atoms with Crippen LogP contribution < -0.4 is 0 Å². The molecule has 1 fully saturated rings. The van der Waals surface area contributed by atoms with Gasteiger partial charge in [0.15, 0.2) is 0 Å². The Kier molecular flexibility index (Phi) is 6.21. The average molecular weight is 245 g/mol. The number of thioether (sulfide) groups is 1. The molecule has 1 aliphatic rings. The van der Waals surface area contributed by atoms with Gasteiger partial charge in [-0.2, -0.15) is 11.8 Å². The highest BCUT2D eigenvalue weighted by molar-refractivity contribution is 7.99. The van der Waals surface area contributed by atoms with Gasteiger partial charge < -0.3 is 10.0 Å². The van der Waals surface area contributed by atoms with Gasteiger partial charge in [-0.3, -0.25) is 4.79 Å². The van der Waals surface area contributed by atoms with Crippen molar-refractivity contribution in [3.8, 4) is 0 Å². The van der Waals surface area contributed by atoms with Gasteiger partial charge in [0.25, 0.3) is 0 Å². The molecule has 3 nitrogen and oxygen atoms in total. The summed E-state index contributed by atoms with van der Waals surface area (Å²) in [6.07, 6.45) is 2.28. The van der Waals surface area contributed by atoms with E-state index in [0.29, 0.717) is 11.7 Å². The van der Waals surface area contributed by atoms with Crippen molar-refractivity contribution in [1.29, 1.82) is 0 Å². The van der Waals surface area contributed by atoms with Crippen LogP contribution in [-0.4, -0.2) is 47.1 Å². The fourth-order valence-corrected chi connectivity index (χ4v) is 2.73. The number of likely N-dealkylation sites (tertiary alicyclic amines) is 1. The first-order chi connectivity index (χ1) is 7.63. The molecule has 0 bridgehead atoms. The molecule has 16 heavy (non-hydrogen) atoms. The molecule has 0 saturated carbocycles. The van der Waals surface area contributed by atoms with Crippen LogP contribution in [0.3, 0.4) is 0 Å². The Morgan fingerprint density at radius 2 is 2.12 bits per heavy atom. The molecule has 0 aromatic carbocycles. The van der Waals surface area contributed by atoms with Gasteiger partial charge in [-0.25, -0.2) is 0 Å². The van der Waals surface area contributed by atoms with E-state index in [4.69, 9.17) is 5.11 Å². The van der Waals surface area contributed by atoms with Crippen molar-refractivity contribution in [1.82, 2.24) is 4.90 Å². The SMILES string of the molecule is CC1CCN(C(=O)CSCC(C)CO)CC1. The molecule has 1 atom stereocenters. The molecular weight excluding hydrogens is 222 g/mol. The third-order valence-corrected chi connectivity index (χ3v) is 4.33. The summed E-state index contributed by atoms with van der Waals surface area (Å²) in [7, 11) is 0. The maximum atomic E-state index is 11.8. The van der Waals surface area contributed by atoms with E-state index >= 15 is 0 Å². The van der Waals surface area contributed by atoms with Crippen molar-refractivity contribution in [2.45, 2.75) is 26.7 Å². The summed E-state index contributed by atoms with van der Waals surface area (Å²) >= 11 is 1.64. The van der Waals surface area contributed by atoms with Crippen molar-refractivity contribution in [3.63, 3.8) is 0 Å². The van der Waals surface area contributed by atoms with E-state index in [-0.39, 0.29) is 12.5 Å². The fraction of sp³-hybridized carbons (Fsp3) is 0.917. The Labute approximate surface area is 103 Å². The Hall–Kier alpha value is -0.220. The first-order valence-corrected chi connectivity index (χ1v) is 7.25.